The van der Waals surface area contributed by atoms with Crippen LogP contribution in [0.3, 0.4) is 0 Å². The minimum Gasteiger partial charge on any atom is -0.396 e. The maximum absolute atomic E-state index is 12.2. The first-order valence-electron chi connectivity index (χ1n) is 7.98. The molecule has 3 N–H and O–H groups in total. The molecule has 2 amide bonds. The topological polar surface area (TPSA) is 64.6 Å². The SMILES string of the molecule is CCN(C)c1cccc(NC(=O)NC2CCCC2(C)CO)c1. The third kappa shape index (κ3) is 3.71. The molecule has 1 aliphatic carbocycles. The molecule has 2 unspecified atom stereocenters. The molecule has 0 aliphatic heterocycles. The van der Waals surface area contributed by atoms with Gasteiger partial charge in [0.25, 0.3) is 0 Å². The highest BCUT2D eigenvalue weighted by Crippen LogP contribution is 2.37. The van der Waals surface area contributed by atoms with Crippen LogP contribution in [-0.4, -0.2) is 37.4 Å². The molecule has 1 fully saturated rings. The molecule has 0 saturated heterocycles. The molecule has 1 aromatic carbocycles. The maximum Gasteiger partial charge on any atom is 0.319 e. The quantitative estimate of drug-likeness (QED) is 0.784. The molecule has 0 aromatic heterocycles. The fourth-order valence-electron chi connectivity index (χ4n) is 3.00. The van der Waals surface area contributed by atoms with Gasteiger partial charge in [-0.05, 0) is 38.0 Å². The molecule has 0 spiro atoms. The van der Waals surface area contributed by atoms with Crippen LogP contribution in [0.15, 0.2) is 24.3 Å². The van der Waals surface area contributed by atoms with E-state index in [0.29, 0.717) is 0 Å². The molecule has 2 atom stereocenters. The monoisotopic (exact) mass is 305 g/mol. The summed E-state index contributed by atoms with van der Waals surface area (Å²) in [6, 6.07) is 7.62. The average Bonchev–Trinajstić information content (AvgIpc) is 2.88. The van der Waals surface area contributed by atoms with Gasteiger partial charge in [0, 0.05) is 36.4 Å². The van der Waals surface area contributed by atoms with Crippen molar-refractivity contribution in [3.8, 4) is 0 Å². The van der Waals surface area contributed by atoms with Crippen LogP contribution in [0.4, 0.5) is 16.2 Å². The second-order valence-corrected chi connectivity index (χ2v) is 6.42. The summed E-state index contributed by atoms with van der Waals surface area (Å²) < 4.78 is 0. The second-order valence-electron chi connectivity index (χ2n) is 6.42. The van der Waals surface area contributed by atoms with E-state index in [2.05, 4.69) is 22.5 Å². The number of nitrogens with zero attached hydrogens (tertiary/aromatic N) is 1. The standard InChI is InChI=1S/C17H27N3O2/c1-4-20(3)14-8-5-7-13(11-14)18-16(22)19-15-9-6-10-17(15,2)12-21/h5,7-8,11,15,21H,4,6,9-10,12H2,1-3H3,(H2,18,19,22). The molecule has 0 radical (unpaired) electrons. The predicted octanol–water partition coefficient (Wildman–Crippen LogP) is 2.82. The molecule has 22 heavy (non-hydrogen) atoms. The third-order valence-electron chi connectivity index (χ3n) is 4.77. The average molecular weight is 305 g/mol. The van der Waals surface area contributed by atoms with Gasteiger partial charge in [0.15, 0.2) is 0 Å². The van der Waals surface area contributed by atoms with Gasteiger partial charge in [0.1, 0.15) is 0 Å². The molecular formula is C17H27N3O2. The number of carbonyl (C=O) groups is 1. The fraction of sp³-hybridized carbons (Fsp3) is 0.588. The summed E-state index contributed by atoms with van der Waals surface area (Å²) in [7, 11) is 2.02. The minimum absolute atomic E-state index is 0.0269. The third-order valence-corrected chi connectivity index (χ3v) is 4.77. The Morgan fingerprint density at radius 2 is 2.27 bits per heavy atom. The fourth-order valence-corrected chi connectivity index (χ4v) is 3.00. The predicted molar refractivity (Wildman–Crippen MR) is 90.4 cm³/mol. The van der Waals surface area contributed by atoms with Crippen molar-refractivity contribution in [3.05, 3.63) is 24.3 Å². The van der Waals surface area contributed by atoms with Gasteiger partial charge in [0.2, 0.25) is 0 Å². The van der Waals surface area contributed by atoms with Crippen molar-refractivity contribution in [2.75, 3.05) is 30.4 Å². The second kappa shape index (κ2) is 7.01. The van der Waals surface area contributed by atoms with Crippen LogP contribution in [0.2, 0.25) is 0 Å². The van der Waals surface area contributed by atoms with Crippen LogP contribution in [0.5, 0.6) is 0 Å². The first kappa shape index (κ1) is 16.6. The number of anilines is 2. The summed E-state index contributed by atoms with van der Waals surface area (Å²) >= 11 is 0. The highest BCUT2D eigenvalue weighted by atomic mass is 16.3. The molecule has 2 rings (SSSR count). The molecule has 122 valence electrons. The molecule has 5 nitrogen and oxygen atoms in total. The van der Waals surface area contributed by atoms with Gasteiger partial charge in [-0.3, -0.25) is 0 Å². The Morgan fingerprint density at radius 1 is 1.50 bits per heavy atom. The van der Waals surface area contributed by atoms with Crippen LogP contribution >= 0.6 is 0 Å². The molecule has 0 bridgehead atoms. The van der Waals surface area contributed by atoms with Crippen LogP contribution in [0.25, 0.3) is 0 Å². The van der Waals surface area contributed by atoms with Gasteiger partial charge >= 0.3 is 6.03 Å². The van der Waals surface area contributed by atoms with Crippen LogP contribution in [0, 0.1) is 5.41 Å². The van der Waals surface area contributed by atoms with Crippen molar-refractivity contribution >= 4 is 17.4 Å². The van der Waals surface area contributed by atoms with E-state index < -0.39 is 0 Å². The van der Waals surface area contributed by atoms with E-state index in [1.54, 1.807) is 0 Å². The summed E-state index contributed by atoms with van der Waals surface area (Å²) in [5.41, 5.74) is 1.64. The van der Waals surface area contributed by atoms with Crippen LogP contribution in [0.1, 0.15) is 33.1 Å². The lowest BCUT2D eigenvalue weighted by atomic mass is 9.86. The Kier molecular flexibility index (Phi) is 5.29. The Bertz CT molecular complexity index is 520. The van der Waals surface area contributed by atoms with Crippen molar-refractivity contribution < 1.29 is 9.90 Å². The maximum atomic E-state index is 12.2. The molecule has 1 aromatic rings. The summed E-state index contributed by atoms with van der Waals surface area (Å²) in [6.45, 7) is 5.13. The lowest BCUT2D eigenvalue weighted by Gasteiger charge is -2.30. The zero-order valence-corrected chi connectivity index (χ0v) is 13.7. The number of aliphatic hydroxyl groups excluding tert-OH is 1. The highest BCUT2D eigenvalue weighted by Gasteiger charge is 2.39. The first-order valence-corrected chi connectivity index (χ1v) is 7.98. The Balaban J connectivity index is 1.98. The lowest BCUT2D eigenvalue weighted by molar-refractivity contribution is 0.122. The number of hydrogen-bond acceptors (Lipinski definition) is 3. The number of benzene rings is 1. The van der Waals surface area contributed by atoms with E-state index in [4.69, 9.17) is 0 Å². The zero-order chi connectivity index (χ0) is 16.2. The van der Waals surface area contributed by atoms with Crippen LogP contribution < -0.4 is 15.5 Å². The summed E-state index contributed by atoms with van der Waals surface area (Å²) in [5, 5.41) is 15.4. The van der Waals surface area contributed by atoms with E-state index in [1.807, 2.05) is 38.2 Å². The number of rotatable bonds is 5. The van der Waals surface area contributed by atoms with Crippen molar-refractivity contribution in [1.82, 2.24) is 5.32 Å². The van der Waals surface area contributed by atoms with Gasteiger partial charge in [0.05, 0.1) is 6.61 Å². The summed E-state index contributed by atoms with van der Waals surface area (Å²) in [4.78, 5) is 14.3. The van der Waals surface area contributed by atoms with Gasteiger partial charge < -0.3 is 20.6 Å². The van der Waals surface area contributed by atoms with E-state index in [0.717, 1.165) is 37.2 Å². The van der Waals surface area contributed by atoms with E-state index in [9.17, 15) is 9.90 Å². The van der Waals surface area contributed by atoms with Crippen molar-refractivity contribution in [2.24, 2.45) is 5.41 Å². The van der Waals surface area contributed by atoms with Crippen molar-refractivity contribution in [1.29, 1.82) is 0 Å². The normalized spacial score (nSPS) is 24.1. The van der Waals surface area contributed by atoms with E-state index >= 15 is 0 Å². The molecule has 1 aliphatic rings. The Morgan fingerprint density at radius 3 is 2.95 bits per heavy atom. The van der Waals surface area contributed by atoms with E-state index in [1.165, 1.54) is 0 Å². The van der Waals surface area contributed by atoms with Gasteiger partial charge in [-0.25, -0.2) is 4.79 Å². The number of nitrogens with one attached hydrogen (secondary N) is 2. The number of carbonyl (C=O) groups excluding carboxylic acids is 1. The van der Waals surface area contributed by atoms with Crippen molar-refractivity contribution in [2.45, 2.75) is 39.2 Å². The minimum atomic E-state index is -0.207. The van der Waals surface area contributed by atoms with Crippen molar-refractivity contribution in [3.63, 3.8) is 0 Å². The molecule has 0 heterocycles. The first-order chi connectivity index (χ1) is 10.5. The molecule has 1 saturated carbocycles. The Hall–Kier alpha value is -1.75. The van der Waals surface area contributed by atoms with Gasteiger partial charge in [-0.1, -0.05) is 19.4 Å². The van der Waals surface area contributed by atoms with Crippen LogP contribution in [-0.2, 0) is 0 Å². The van der Waals surface area contributed by atoms with Gasteiger partial charge in [-0.15, -0.1) is 0 Å². The molecule has 5 heteroatoms. The largest absolute Gasteiger partial charge is 0.396 e. The highest BCUT2D eigenvalue weighted by molar-refractivity contribution is 5.90. The van der Waals surface area contributed by atoms with E-state index in [-0.39, 0.29) is 24.1 Å². The smallest absolute Gasteiger partial charge is 0.319 e. The summed E-state index contributed by atoms with van der Waals surface area (Å²) in [5.74, 6) is 0. The lowest BCUT2D eigenvalue weighted by Crippen LogP contribution is -2.46. The zero-order valence-electron chi connectivity index (χ0n) is 13.7. The Labute approximate surface area is 132 Å². The molecular weight excluding hydrogens is 278 g/mol. The number of aliphatic hydroxyl groups is 1. The number of amides is 2. The number of urea groups is 1. The summed E-state index contributed by atoms with van der Waals surface area (Å²) in [6.07, 6.45) is 2.91. The van der Waals surface area contributed by atoms with Gasteiger partial charge in [-0.2, -0.15) is 0 Å². The number of hydrogen-bond donors (Lipinski definition) is 3.